The van der Waals surface area contributed by atoms with E-state index in [0.717, 1.165) is 104 Å². The van der Waals surface area contributed by atoms with Gasteiger partial charge in [0.2, 0.25) is 0 Å². The summed E-state index contributed by atoms with van der Waals surface area (Å²) in [5, 5.41) is 31.6. The number of phenols is 2. The van der Waals surface area contributed by atoms with Crippen LogP contribution in [0.2, 0.25) is 0 Å². The van der Waals surface area contributed by atoms with Gasteiger partial charge in [-0.1, -0.05) is 42.5 Å². The predicted molar refractivity (Wildman–Crippen MR) is 218 cm³/mol. The number of fused-ring (bicyclic) bond motifs is 2. The van der Waals surface area contributed by atoms with Gasteiger partial charge in [0.25, 0.3) is 0 Å². The number of hydrogen-bond donors (Lipinski definition) is 4. The molecule has 0 saturated carbocycles. The van der Waals surface area contributed by atoms with E-state index in [9.17, 15) is 10.2 Å². The van der Waals surface area contributed by atoms with Crippen molar-refractivity contribution in [3.63, 3.8) is 0 Å². The van der Waals surface area contributed by atoms with Crippen molar-refractivity contribution in [2.45, 2.75) is 89.4 Å². The molecule has 2 saturated heterocycles. The van der Waals surface area contributed by atoms with Crippen LogP contribution >= 0.6 is 11.3 Å². The number of rotatable bonds is 11. The normalized spacial score (nSPS) is 24.7. The van der Waals surface area contributed by atoms with E-state index in [4.69, 9.17) is 19.9 Å². The summed E-state index contributed by atoms with van der Waals surface area (Å²) in [7, 11) is 1.75. The predicted octanol–water partition coefficient (Wildman–Crippen LogP) is 7.15. The summed E-state index contributed by atoms with van der Waals surface area (Å²) in [5.74, 6) is 2.14. The van der Waals surface area contributed by atoms with E-state index in [0.29, 0.717) is 37.5 Å². The Kier molecular flexibility index (Phi) is 11.6. The standard InChI is InChI=1S/C45H58N4O5S/c1-29-9-11-37-36(41(29)50)16-22-53-44(37)47-43(32-12-18-49(19-13-32)27-33-6-4-5-7-39(33)52-3)45(34-14-20-48(21-15-34)26-31-17-23-55-28-31)24-38-35(40(25-46)54-45)10-8-30(2)42(38)51/h4-11,17,23,28,32,34,40,43-44,47,50-51H,12-16,18-22,24-27,46H2,1-3H3/t40-,43?,44?,45-/m0/s1. The highest BCUT2D eigenvalue weighted by Gasteiger charge is 2.55. The highest BCUT2D eigenvalue weighted by Crippen LogP contribution is 2.51. The van der Waals surface area contributed by atoms with Crippen LogP contribution in [0.25, 0.3) is 0 Å². The third-order valence-corrected chi connectivity index (χ3v) is 13.9. The summed E-state index contributed by atoms with van der Waals surface area (Å²) in [6.07, 6.45) is 4.44. The molecule has 0 aliphatic carbocycles. The molecule has 294 valence electrons. The third-order valence-electron chi connectivity index (χ3n) is 13.1. The van der Waals surface area contributed by atoms with Crippen molar-refractivity contribution in [2.24, 2.45) is 17.6 Å². The van der Waals surface area contributed by atoms with Crippen LogP contribution in [0.4, 0.5) is 0 Å². The van der Waals surface area contributed by atoms with Crippen LogP contribution in [0.3, 0.4) is 0 Å². The maximum Gasteiger partial charge on any atom is 0.135 e. The van der Waals surface area contributed by atoms with Gasteiger partial charge in [-0.15, -0.1) is 0 Å². The Bertz CT molecular complexity index is 1920. The molecule has 5 heterocycles. The summed E-state index contributed by atoms with van der Waals surface area (Å²) in [5.41, 5.74) is 14.2. The van der Waals surface area contributed by atoms with E-state index in [1.165, 1.54) is 11.1 Å². The van der Waals surface area contributed by atoms with Gasteiger partial charge in [0.15, 0.2) is 0 Å². The molecule has 1 aromatic heterocycles. The van der Waals surface area contributed by atoms with Crippen molar-refractivity contribution in [2.75, 3.05) is 46.4 Å². The minimum absolute atomic E-state index is 0.115. The van der Waals surface area contributed by atoms with Crippen LogP contribution in [0, 0.1) is 25.7 Å². The molecule has 3 aromatic carbocycles. The lowest BCUT2D eigenvalue weighted by molar-refractivity contribution is -0.186. The average Bonchev–Trinajstić information content (AvgIpc) is 3.73. The van der Waals surface area contributed by atoms with Crippen molar-refractivity contribution in [1.29, 1.82) is 0 Å². The summed E-state index contributed by atoms with van der Waals surface area (Å²) < 4.78 is 20.0. The number of nitrogens with one attached hydrogen (secondary N) is 1. The molecule has 4 atom stereocenters. The first-order chi connectivity index (χ1) is 26.8. The zero-order chi connectivity index (χ0) is 38.1. The molecule has 2 unspecified atom stereocenters. The quantitative estimate of drug-likeness (QED) is 0.127. The zero-order valence-corrected chi connectivity index (χ0v) is 33.5. The molecule has 0 spiro atoms. The van der Waals surface area contributed by atoms with Crippen molar-refractivity contribution in [3.05, 3.63) is 110 Å². The van der Waals surface area contributed by atoms with E-state index in [1.54, 1.807) is 18.4 Å². The van der Waals surface area contributed by atoms with Gasteiger partial charge in [0, 0.05) is 54.4 Å². The highest BCUT2D eigenvalue weighted by molar-refractivity contribution is 7.07. The van der Waals surface area contributed by atoms with Crippen LogP contribution < -0.4 is 15.8 Å². The number of hydrogen-bond acceptors (Lipinski definition) is 10. The number of aromatic hydroxyl groups is 2. The molecule has 0 bridgehead atoms. The molecule has 0 amide bonds. The topological polar surface area (TPSA) is 113 Å². The van der Waals surface area contributed by atoms with E-state index in [2.05, 4.69) is 56.2 Å². The highest BCUT2D eigenvalue weighted by atomic mass is 32.1. The van der Waals surface area contributed by atoms with E-state index < -0.39 is 11.8 Å². The van der Waals surface area contributed by atoms with Crippen molar-refractivity contribution >= 4 is 11.3 Å². The third kappa shape index (κ3) is 7.67. The number of para-hydroxylation sites is 1. The Labute approximate surface area is 330 Å². The Morgan fingerprint density at radius 1 is 0.891 bits per heavy atom. The molecular formula is C45H58N4O5S. The number of ether oxygens (including phenoxy) is 3. The van der Waals surface area contributed by atoms with Gasteiger partial charge >= 0.3 is 0 Å². The van der Waals surface area contributed by atoms with Gasteiger partial charge in [0.05, 0.1) is 25.4 Å². The molecule has 55 heavy (non-hydrogen) atoms. The van der Waals surface area contributed by atoms with Gasteiger partial charge < -0.3 is 30.2 Å². The van der Waals surface area contributed by atoms with Crippen LogP contribution in [0.5, 0.6) is 17.2 Å². The molecule has 8 rings (SSSR count). The first kappa shape index (κ1) is 38.4. The fraction of sp³-hybridized carbons (Fsp3) is 0.511. The maximum atomic E-state index is 11.8. The van der Waals surface area contributed by atoms with Crippen molar-refractivity contribution in [3.8, 4) is 17.2 Å². The fourth-order valence-corrected chi connectivity index (χ4v) is 10.8. The first-order valence-corrected chi connectivity index (χ1v) is 21.2. The Morgan fingerprint density at radius 3 is 2.29 bits per heavy atom. The van der Waals surface area contributed by atoms with E-state index in [1.807, 2.05) is 38.1 Å². The number of likely N-dealkylation sites (tertiary alicyclic amines) is 2. The van der Waals surface area contributed by atoms with Crippen LogP contribution in [-0.2, 0) is 35.4 Å². The summed E-state index contributed by atoms with van der Waals surface area (Å²) in [6.45, 7) is 10.4. The molecule has 9 nitrogen and oxygen atoms in total. The molecule has 0 radical (unpaired) electrons. The lowest BCUT2D eigenvalue weighted by Gasteiger charge is -2.56. The minimum Gasteiger partial charge on any atom is -0.507 e. The number of benzene rings is 3. The summed E-state index contributed by atoms with van der Waals surface area (Å²) >= 11 is 1.76. The zero-order valence-electron chi connectivity index (χ0n) is 32.6. The second-order valence-electron chi connectivity index (χ2n) is 16.3. The monoisotopic (exact) mass is 766 g/mol. The van der Waals surface area contributed by atoms with Crippen LogP contribution in [-0.4, -0.2) is 78.1 Å². The number of nitrogens with zero attached hydrogens (tertiary/aromatic N) is 2. The maximum absolute atomic E-state index is 11.8. The minimum atomic E-state index is -0.667. The molecular weight excluding hydrogens is 709 g/mol. The van der Waals surface area contributed by atoms with Gasteiger partial charge in [-0.25, -0.2) is 0 Å². The molecule has 5 N–H and O–H groups in total. The van der Waals surface area contributed by atoms with Gasteiger partial charge in [-0.3, -0.25) is 15.1 Å². The van der Waals surface area contributed by atoms with Crippen molar-refractivity contribution < 1.29 is 24.4 Å². The number of aryl methyl sites for hydroxylation is 2. The molecule has 4 aliphatic heterocycles. The van der Waals surface area contributed by atoms with Gasteiger partial charge in [-0.2, -0.15) is 11.3 Å². The second kappa shape index (κ2) is 16.5. The lowest BCUT2D eigenvalue weighted by atomic mass is 9.65. The van der Waals surface area contributed by atoms with Gasteiger partial charge in [-0.05, 0) is 129 Å². The van der Waals surface area contributed by atoms with E-state index >= 15 is 0 Å². The number of nitrogens with two attached hydrogens (primary N) is 1. The number of methoxy groups -OCH3 is 1. The smallest absolute Gasteiger partial charge is 0.135 e. The summed E-state index contributed by atoms with van der Waals surface area (Å²) in [4.78, 5) is 5.12. The molecule has 2 fully saturated rings. The Balaban J connectivity index is 1.17. The fourth-order valence-electron chi connectivity index (χ4n) is 10.1. The Morgan fingerprint density at radius 2 is 1.58 bits per heavy atom. The van der Waals surface area contributed by atoms with Crippen LogP contribution in [0.1, 0.15) is 82.5 Å². The van der Waals surface area contributed by atoms with Crippen molar-refractivity contribution in [1.82, 2.24) is 15.1 Å². The molecule has 4 aliphatic rings. The number of phenolic OH excluding ortho intramolecular Hbond substituents is 2. The van der Waals surface area contributed by atoms with Crippen LogP contribution in [0.15, 0.2) is 65.4 Å². The second-order valence-corrected chi connectivity index (χ2v) is 17.1. The largest absolute Gasteiger partial charge is 0.507 e. The first-order valence-electron chi connectivity index (χ1n) is 20.2. The SMILES string of the molecule is COc1ccccc1CN1CCC(C(NC2OCCc3c2ccc(C)c3O)[C@@]2(C3CCN(Cc4ccsc4)CC3)Cc3c(ccc(C)c3O)[C@H](CN)O2)CC1. The summed E-state index contributed by atoms with van der Waals surface area (Å²) in [6, 6.07) is 18.7. The lowest BCUT2D eigenvalue weighted by Crippen LogP contribution is -2.66. The Hall–Kier alpha value is -3.48. The molecule has 4 aromatic rings. The number of piperidine rings is 2. The average molecular weight is 767 g/mol. The molecule has 10 heteroatoms. The van der Waals surface area contributed by atoms with Gasteiger partial charge in [0.1, 0.15) is 23.5 Å². The van der Waals surface area contributed by atoms with E-state index in [-0.39, 0.29) is 24.0 Å². The number of thiophene rings is 1.